The Labute approximate surface area is 109 Å². The van der Waals surface area contributed by atoms with E-state index in [9.17, 15) is 14.4 Å². The van der Waals surface area contributed by atoms with Crippen LogP contribution in [0.5, 0.6) is 0 Å². The Morgan fingerprint density at radius 2 is 1.68 bits per heavy atom. The van der Waals surface area contributed by atoms with E-state index >= 15 is 0 Å². The number of rotatable bonds is 4. The molecule has 1 aromatic rings. The number of hydroxylamine groups is 2. The molecule has 6 nitrogen and oxygen atoms in total. The summed E-state index contributed by atoms with van der Waals surface area (Å²) in [5, 5.41) is 0.469. The monoisotopic (exact) mass is 263 g/mol. The fraction of sp³-hybridized carbons (Fsp3) is 0.308. The highest BCUT2D eigenvalue weighted by molar-refractivity contribution is 6.20. The van der Waals surface area contributed by atoms with Crippen LogP contribution in [0.4, 0.5) is 0 Å². The van der Waals surface area contributed by atoms with E-state index in [-0.39, 0.29) is 23.8 Å². The first kappa shape index (κ1) is 13.2. The zero-order valence-corrected chi connectivity index (χ0v) is 10.6. The predicted octanol–water partition coefficient (Wildman–Crippen LogP) is 1.17. The van der Waals surface area contributed by atoms with Gasteiger partial charge in [0.2, 0.25) is 0 Å². The molecule has 0 unspecified atom stereocenters. The number of ether oxygens (including phenoxy) is 1. The Balaban J connectivity index is 2.06. The zero-order valence-electron chi connectivity index (χ0n) is 10.6. The molecule has 0 bridgehead atoms. The Morgan fingerprint density at radius 3 is 2.16 bits per heavy atom. The molecule has 0 saturated heterocycles. The molecule has 0 spiro atoms. The highest BCUT2D eigenvalue weighted by atomic mass is 16.7. The Morgan fingerprint density at radius 1 is 1.16 bits per heavy atom. The minimum Gasteiger partial charge on any atom is -0.367 e. The second-order valence-electron chi connectivity index (χ2n) is 4.27. The number of nitrogens with zero attached hydrogens (tertiary/aromatic N) is 1. The number of carbonyl (C=O) groups is 3. The van der Waals surface area contributed by atoms with Crippen LogP contribution >= 0.6 is 0 Å². The third kappa shape index (κ3) is 2.63. The first-order valence-corrected chi connectivity index (χ1v) is 5.81. The van der Waals surface area contributed by atoms with Crippen molar-refractivity contribution in [2.75, 3.05) is 6.61 Å². The average molecular weight is 263 g/mol. The summed E-state index contributed by atoms with van der Waals surface area (Å²) < 4.78 is 5.04. The number of carbonyl (C=O) groups excluding carboxylic acids is 3. The minimum atomic E-state index is -0.789. The van der Waals surface area contributed by atoms with Crippen LogP contribution in [-0.2, 0) is 14.4 Å². The van der Waals surface area contributed by atoms with Gasteiger partial charge in [-0.05, 0) is 26.0 Å². The van der Waals surface area contributed by atoms with Gasteiger partial charge in [-0.25, -0.2) is 4.79 Å². The highest BCUT2D eigenvalue weighted by Crippen LogP contribution is 2.22. The van der Waals surface area contributed by atoms with Crippen LogP contribution in [0.2, 0.25) is 0 Å². The quantitative estimate of drug-likeness (QED) is 0.762. The van der Waals surface area contributed by atoms with Crippen molar-refractivity contribution in [1.82, 2.24) is 5.06 Å². The van der Waals surface area contributed by atoms with E-state index in [0.29, 0.717) is 5.06 Å². The van der Waals surface area contributed by atoms with Crippen LogP contribution in [-0.4, -0.2) is 35.6 Å². The van der Waals surface area contributed by atoms with Gasteiger partial charge < -0.3 is 9.57 Å². The molecular formula is C13H13NO5. The smallest absolute Gasteiger partial charge is 0.358 e. The molecule has 2 amide bonds. The van der Waals surface area contributed by atoms with Crippen molar-refractivity contribution in [1.29, 1.82) is 0 Å². The fourth-order valence-electron chi connectivity index (χ4n) is 1.61. The van der Waals surface area contributed by atoms with Gasteiger partial charge >= 0.3 is 5.97 Å². The van der Waals surface area contributed by atoms with Gasteiger partial charge in [0, 0.05) is 0 Å². The van der Waals surface area contributed by atoms with Crippen molar-refractivity contribution in [2.45, 2.75) is 20.0 Å². The van der Waals surface area contributed by atoms with E-state index in [2.05, 4.69) is 0 Å². The molecule has 100 valence electrons. The normalized spacial score (nSPS) is 13.9. The summed E-state index contributed by atoms with van der Waals surface area (Å²) in [6.45, 7) is 3.20. The SMILES string of the molecule is CC(C)OCC(=O)ON1C(=O)c2ccccc2C1=O. The molecule has 0 fully saturated rings. The van der Waals surface area contributed by atoms with Crippen molar-refractivity contribution in [3.8, 4) is 0 Å². The summed E-state index contributed by atoms with van der Waals surface area (Å²) in [7, 11) is 0. The van der Waals surface area contributed by atoms with E-state index < -0.39 is 17.8 Å². The highest BCUT2D eigenvalue weighted by Gasteiger charge is 2.38. The van der Waals surface area contributed by atoms with E-state index in [1.807, 2.05) is 0 Å². The average Bonchev–Trinajstić information content (AvgIpc) is 2.62. The Bertz CT molecular complexity index is 503. The van der Waals surface area contributed by atoms with E-state index in [1.54, 1.807) is 26.0 Å². The molecule has 1 aliphatic heterocycles. The summed E-state index contributed by atoms with van der Waals surface area (Å²) >= 11 is 0. The molecule has 1 aliphatic rings. The summed E-state index contributed by atoms with van der Waals surface area (Å²) in [6, 6.07) is 6.29. The molecule has 19 heavy (non-hydrogen) atoms. The van der Waals surface area contributed by atoms with E-state index in [0.717, 1.165) is 0 Å². The van der Waals surface area contributed by atoms with Crippen LogP contribution in [0, 0.1) is 0 Å². The maximum atomic E-state index is 11.9. The van der Waals surface area contributed by atoms with Crippen LogP contribution < -0.4 is 0 Å². The van der Waals surface area contributed by atoms with Crippen molar-refractivity contribution >= 4 is 17.8 Å². The zero-order chi connectivity index (χ0) is 14.0. The molecule has 0 saturated carbocycles. The van der Waals surface area contributed by atoms with Crippen LogP contribution in [0.3, 0.4) is 0 Å². The number of benzene rings is 1. The maximum Gasteiger partial charge on any atom is 0.358 e. The molecular weight excluding hydrogens is 250 g/mol. The van der Waals surface area contributed by atoms with Gasteiger partial charge in [0.25, 0.3) is 11.8 Å². The first-order valence-electron chi connectivity index (χ1n) is 5.81. The minimum absolute atomic E-state index is 0.144. The fourth-order valence-corrected chi connectivity index (χ4v) is 1.61. The maximum absolute atomic E-state index is 11.9. The number of imide groups is 1. The number of hydrogen-bond acceptors (Lipinski definition) is 5. The molecule has 0 radical (unpaired) electrons. The number of fused-ring (bicyclic) bond motifs is 1. The number of hydrogen-bond donors (Lipinski definition) is 0. The third-order valence-corrected chi connectivity index (χ3v) is 2.48. The van der Waals surface area contributed by atoms with E-state index in [1.165, 1.54) is 12.1 Å². The van der Waals surface area contributed by atoms with Crippen molar-refractivity contribution in [3.05, 3.63) is 35.4 Å². The largest absolute Gasteiger partial charge is 0.367 e. The van der Waals surface area contributed by atoms with Crippen molar-refractivity contribution < 1.29 is 24.0 Å². The topological polar surface area (TPSA) is 72.9 Å². The van der Waals surface area contributed by atoms with Gasteiger partial charge in [-0.15, -0.1) is 0 Å². The van der Waals surface area contributed by atoms with Crippen LogP contribution in [0.25, 0.3) is 0 Å². The van der Waals surface area contributed by atoms with Crippen LogP contribution in [0.15, 0.2) is 24.3 Å². The van der Waals surface area contributed by atoms with Crippen LogP contribution in [0.1, 0.15) is 34.6 Å². The standard InChI is InChI=1S/C13H13NO5/c1-8(2)18-7-11(15)19-14-12(16)9-5-3-4-6-10(9)13(14)17/h3-6,8H,7H2,1-2H3. The third-order valence-electron chi connectivity index (χ3n) is 2.48. The predicted molar refractivity (Wildman–Crippen MR) is 64.1 cm³/mol. The molecule has 0 N–H and O–H groups in total. The summed E-state index contributed by atoms with van der Waals surface area (Å²) in [5.74, 6) is -2.07. The van der Waals surface area contributed by atoms with Gasteiger partial charge in [-0.2, -0.15) is 0 Å². The Hall–Kier alpha value is -2.21. The first-order chi connectivity index (χ1) is 9.00. The van der Waals surface area contributed by atoms with Gasteiger partial charge in [-0.1, -0.05) is 17.2 Å². The summed E-state index contributed by atoms with van der Waals surface area (Å²) in [6.07, 6.45) is -0.144. The molecule has 1 aromatic carbocycles. The molecule has 0 aromatic heterocycles. The summed E-state index contributed by atoms with van der Waals surface area (Å²) in [5.41, 5.74) is 0.454. The lowest BCUT2D eigenvalue weighted by atomic mass is 10.1. The van der Waals surface area contributed by atoms with Crippen molar-refractivity contribution in [2.24, 2.45) is 0 Å². The van der Waals surface area contributed by atoms with Crippen molar-refractivity contribution in [3.63, 3.8) is 0 Å². The van der Waals surface area contributed by atoms with Gasteiger partial charge in [0.15, 0.2) is 0 Å². The molecule has 1 heterocycles. The Kier molecular flexibility index (Phi) is 3.62. The second kappa shape index (κ2) is 5.19. The van der Waals surface area contributed by atoms with Gasteiger partial charge in [0.1, 0.15) is 6.61 Å². The molecule has 2 rings (SSSR count). The molecule has 0 atom stereocenters. The lowest BCUT2D eigenvalue weighted by molar-refractivity contribution is -0.175. The summed E-state index contributed by atoms with van der Waals surface area (Å²) in [4.78, 5) is 39.9. The second-order valence-corrected chi connectivity index (χ2v) is 4.27. The van der Waals surface area contributed by atoms with Gasteiger partial charge in [0.05, 0.1) is 17.2 Å². The van der Waals surface area contributed by atoms with Gasteiger partial charge in [-0.3, -0.25) is 9.59 Å². The van der Waals surface area contributed by atoms with E-state index in [4.69, 9.17) is 9.57 Å². The lowest BCUT2D eigenvalue weighted by Gasteiger charge is -2.13. The number of amides is 2. The molecule has 6 heteroatoms. The lowest BCUT2D eigenvalue weighted by Crippen LogP contribution is -2.34. The molecule has 0 aliphatic carbocycles.